The minimum absolute atomic E-state index is 0.105. The number of hydrogen-bond acceptors (Lipinski definition) is 6. The van der Waals surface area contributed by atoms with Crippen LogP contribution in [0.1, 0.15) is 271 Å². The quantitative estimate of drug-likeness (QED) is 0.0261. The van der Waals surface area contributed by atoms with Crippen molar-refractivity contribution in [2.45, 2.75) is 277 Å². The summed E-state index contributed by atoms with van der Waals surface area (Å²) in [6.07, 6.45) is 96.8. The highest BCUT2D eigenvalue weighted by Gasteiger charge is 2.19. The van der Waals surface area contributed by atoms with Crippen molar-refractivity contribution in [1.29, 1.82) is 0 Å². The summed E-state index contributed by atoms with van der Waals surface area (Å²) in [7, 11) is 0. The van der Waals surface area contributed by atoms with Gasteiger partial charge in [0, 0.05) is 19.3 Å². The molecule has 0 saturated heterocycles. The van der Waals surface area contributed by atoms with Crippen LogP contribution in [0.2, 0.25) is 0 Å². The number of ether oxygens (including phenoxy) is 3. The zero-order valence-corrected chi connectivity index (χ0v) is 51.5. The highest BCUT2D eigenvalue weighted by atomic mass is 16.6. The van der Waals surface area contributed by atoms with Crippen LogP contribution in [0.4, 0.5) is 0 Å². The molecule has 0 radical (unpaired) electrons. The Morgan fingerprint density at radius 1 is 0.263 bits per heavy atom. The van der Waals surface area contributed by atoms with Gasteiger partial charge in [-0.05, 0) is 148 Å². The van der Waals surface area contributed by atoms with Gasteiger partial charge < -0.3 is 14.2 Å². The Hall–Kier alpha value is -4.97. The Balaban J connectivity index is 4.38. The van der Waals surface area contributed by atoms with Crippen molar-refractivity contribution in [3.05, 3.63) is 158 Å². The summed E-state index contributed by atoms with van der Waals surface area (Å²) in [5, 5.41) is 0. The van der Waals surface area contributed by atoms with Gasteiger partial charge >= 0.3 is 17.9 Å². The Bertz CT molecular complexity index is 1790. The van der Waals surface area contributed by atoms with Gasteiger partial charge in [-0.25, -0.2) is 0 Å². The smallest absolute Gasteiger partial charge is 0.306 e. The van der Waals surface area contributed by atoms with E-state index in [0.717, 1.165) is 161 Å². The van der Waals surface area contributed by atoms with Gasteiger partial charge in [0.05, 0.1) is 0 Å². The minimum Gasteiger partial charge on any atom is -0.462 e. The molecule has 0 aromatic heterocycles. The first kappa shape index (κ1) is 75.0. The van der Waals surface area contributed by atoms with E-state index in [4.69, 9.17) is 14.2 Å². The van der Waals surface area contributed by atoms with Crippen LogP contribution in [-0.2, 0) is 28.6 Å². The van der Waals surface area contributed by atoms with E-state index in [2.05, 4.69) is 179 Å². The lowest BCUT2D eigenvalue weighted by Gasteiger charge is -2.18. The zero-order valence-electron chi connectivity index (χ0n) is 51.5. The van der Waals surface area contributed by atoms with E-state index in [1.54, 1.807) is 0 Å². The second-order valence-corrected chi connectivity index (χ2v) is 20.9. The maximum absolute atomic E-state index is 12.9. The molecule has 80 heavy (non-hydrogen) atoms. The molecule has 0 amide bonds. The molecular formula is C74H118O6. The molecule has 0 spiro atoms. The third kappa shape index (κ3) is 63.9. The first-order valence-corrected chi connectivity index (χ1v) is 32.5. The van der Waals surface area contributed by atoms with Crippen LogP contribution in [0.3, 0.4) is 0 Å². The Kier molecular flexibility index (Phi) is 62.4. The van der Waals surface area contributed by atoms with Gasteiger partial charge in [0.25, 0.3) is 0 Å². The average molecular weight is 1100 g/mol. The SMILES string of the molecule is CC/C=C\C/C=C\C/C=C\C/C=C\C/C=C\C/C=C\C/C=C\C/C=C\CCCCCCCCC(=O)OCC(COC(=O)CCCCC/C=C\C/C=C\C/C=C\CC)OC(=O)CCCCCCCCC/C=C\C/C=C\CCCCCC. The Labute approximate surface area is 492 Å². The molecule has 6 nitrogen and oxygen atoms in total. The number of carbonyl (C=O) groups is 3. The summed E-state index contributed by atoms with van der Waals surface area (Å²) in [5.41, 5.74) is 0. The van der Waals surface area contributed by atoms with Gasteiger partial charge in [0.2, 0.25) is 0 Å². The molecule has 0 N–H and O–H groups in total. The summed E-state index contributed by atoms with van der Waals surface area (Å²) >= 11 is 0. The van der Waals surface area contributed by atoms with Gasteiger partial charge in [-0.1, -0.05) is 262 Å². The van der Waals surface area contributed by atoms with Gasteiger partial charge in [0.15, 0.2) is 6.10 Å². The lowest BCUT2D eigenvalue weighted by atomic mass is 10.1. The van der Waals surface area contributed by atoms with Crippen LogP contribution >= 0.6 is 0 Å². The van der Waals surface area contributed by atoms with E-state index in [-0.39, 0.29) is 31.1 Å². The lowest BCUT2D eigenvalue weighted by Crippen LogP contribution is -2.30. The molecule has 450 valence electrons. The molecule has 0 heterocycles. The van der Waals surface area contributed by atoms with Crippen LogP contribution in [0.5, 0.6) is 0 Å². The molecule has 0 saturated carbocycles. The van der Waals surface area contributed by atoms with Crippen LogP contribution in [0, 0.1) is 0 Å². The third-order valence-corrected chi connectivity index (χ3v) is 13.2. The second kappa shape index (κ2) is 66.5. The molecule has 1 unspecified atom stereocenters. The van der Waals surface area contributed by atoms with E-state index in [1.165, 1.54) is 70.6 Å². The number of carbonyl (C=O) groups excluding carboxylic acids is 3. The molecule has 6 heteroatoms. The van der Waals surface area contributed by atoms with E-state index in [1.807, 2.05) is 0 Å². The van der Waals surface area contributed by atoms with Gasteiger partial charge in [0.1, 0.15) is 13.2 Å². The molecule has 0 aliphatic heterocycles. The van der Waals surface area contributed by atoms with Crippen molar-refractivity contribution in [3.8, 4) is 0 Å². The summed E-state index contributed by atoms with van der Waals surface area (Å²) in [6, 6.07) is 0. The fourth-order valence-corrected chi connectivity index (χ4v) is 8.44. The van der Waals surface area contributed by atoms with Crippen molar-refractivity contribution in [2.24, 2.45) is 0 Å². The van der Waals surface area contributed by atoms with E-state index in [9.17, 15) is 14.4 Å². The molecule has 0 rings (SSSR count). The zero-order chi connectivity index (χ0) is 57.8. The first-order chi connectivity index (χ1) is 39.5. The number of rotatable bonds is 57. The van der Waals surface area contributed by atoms with Crippen LogP contribution in [0.25, 0.3) is 0 Å². The van der Waals surface area contributed by atoms with Crippen molar-refractivity contribution in [2.75, 3.05) is 13.2 Å². The van der Waals surface area contributed by atoms with Crippen molar-refractivity contribution < 1.29 is 28.6 Å². The number of allylic oxidation sites excluding steroid dienone is 26. The van der Waals surface area contributed by atoms with E-state index in [0.29, 0.717) is 19.3 Å². The average Bonchev–Trinajstić information content (AvgIpc) is 3.46. The summed E-state index contributed by atoms with van der Waals surface area (Å²) in [6.45, 7) is 6.35. The lowest BCUT2D eigenvalue weighted by molar-refractivity contribution is -0.167. The molecule has 0 bridgehead atoms. The number of esters is 3. The Morgan fingerprint density at radius 2 is 0.487 bits per heavy atom. The normalized spacial score (nSPS) is 13.2. The highest BCUT2D eigenvalue weighted by Crippen LogP contribution is 2.14. The van der Waals surface area contributed by atoms with Crippen LogP contribution in [0.15, 0.2) is 158 Å². The third-order valence-electron chi connectivity index (χ3n) is 13.2. The number of hydrogen-bond donors (Lipinski definition) is 0. The molecule has 0 aromatic rings. The van der Waals surface area contributed by atoms with Gasteiger partial charge in [-0.3, -0.25) is 14.4 Å². The molecule has 0 fully saturated rings. The maximum Gasteiger partial charge on any atom is 0.306 e. The summed E-state index contributed by atoms with van der Waals surface area (Å²) in [4.78, 5) is 38.3. The molecule has 0 aromatic carbocycles. The Morgan fingerprint density at radius 3 is 0.775 bits per heavy atom. The predicted octanol–water partition coefficient (Wildman–Crippen LogP) is 22.5. The fraction of sp³-hybridized carbons (Fsp3) is 0.608. The molecule has 1 atom stereocenters. The second-order valence-electron chi connectivity index (χ2n) is 20.9. The minimum atomic E-state index is -0.809. The van der Waals surface area contributed by atoms with Crippen LogP contribution in [-0.4, -0.2) is 37.2 Å². The van der Waals surface area contributed by atoms with Gasteiger partial charge in [-0.15, -0.1) is 0 Å². The first-order valence-electron chi connectivity index (χ1n) is 32.5. The standard InChI is InChI=1S/C74H118O6/c1-4-7-10-13-16-19-22-25-27-29-31-32-33-34-35-36-37-38-39-40-41-42-43-45-46-49-52-55-58-61-64-67-73(76)79-70-71(69-78-72(75)66-63-60-57-54-51-48-24-21-18-15-12-9-6-3)80-74(77)68-65-62-59-56-53-50-47-44-30-28-26-23-20-17-14-11-8-5-2/h7,9-10,12,16,18-21,23,25,27-28,30-32,34-35,37-38,40-41,43,45,48,51,71H,4-6,8,11,13-15,17,22,24,26,29,33,36,39,42,44,46-47,49-50,52-70H2,1-3H3/b10-7-,12-9-,19-16-,21-18-,23-20-,27-25-,30-28-,32-31-,35-34-,38-37-,41-40-,45-43-,51-48-. The predicted molar refractivity (Wildman–Crippen MR) is 348 cm³/mol. The number of unbranched alkanes of at least 4 members (excludes halogenated alkanes) is 20. The van der Waals surface area contributed by atoms with Crippen molar-refractivity contribution in [3.63, 3.8) is 0 Å². The largest absolute Gasteiger partial charge is 0.462 e. The van der Waals surface area contributed by atoms with Crippen molar-refractivity contribution in [1.82, 2.24) is 0 Å². The van der Waals surface area contributed by atoms with Crippen molar-refractivity contribution >= 4 is 17.9 Å². The highest BCUT2D eigenvalue weighted by molar-refractivity contribution is 5.71. The fourth-order valence-electron chi connectivity index (χ4n) is 8.44. The molecular weight excluding hydrogens is 985 g/mol. The topological polar surface area (TPSA) is 78.9 Å². The van der Waals surface area contributed by atoms with E-state index >= 15 is 0 Å². The monoisotopic (exact) mass is 1100 g/mol. The molecule has 0 aliphatic carbocycles. The van der Waals surface area contributed by atoms with Gasteiger partial charge in [-0.2, -0.15) is 0 Å². The van der Waals surface area contributed by atoms with Crippen LogP contribution < -0.4 is 0 Å². The molecule has 0 aliphatic rings. The summed E-state index contributed by atoms with van der Waals surface area (Å²) < 4.78 is 16.9. The van der Waals surface area contributed by atoms with E-state index < -0.39 is 6.10 Å². The maximum atomic E-state index is 12.9. The summed E-state index contributed by atoms with van der Waals surface area (Å²) in [5.74, 6) is -0.958.